The van der Waals surface area contributed by atoms with Crippen molar-refractivity contribution >= 4 is 11.6 Å². The zero-order valence-electron chi connectivity index (χ0n) is 9.71. The molecule has 0 atom stereocenters. The van der Waals surface area contributed by atoms with Gasteiger partial charge in [0.25, 0.3) is 5.91 Å². The summed E-state index contributed by atoms with van der Waals surface area (Å²) in [7, 11) is 0. The van der Waals surface area contributed by atoms with E-state index in [4.69, 9.17) is 0 Å². The smallest absolute Gasteiger partial charge is 0.258 e. The number of anilines is 1. The summed E-state index contributed by atoms with van der Waals surface area (Å²) in [5.41, 5.74) is 0.973. The van der Waals surface area contributed by atoms with Gasteiger partial charge in [-0.1, -0.05) is 12.1 Å². The number of hydrogen-bond acceptors (Lipinski definition) is 1. The van der Waals surface area contributed by atoms with Gasteiger partial charge in [0.2, 0.25) is 0 Å². The van der Waals surface area contributed by atoms with E-state index < -0.39 is 17.5 Å². The molecule has 1 N–H and O–H groups in total. The molecule has 0 bridgehead atoms. The number of carbonyl (C=O) groups excluding carboxylic acids is 1. The van der Waals surface area contributed by atoms with Crippen molar-refractivity contribution in [1.82, 2.24) is 0 Å². The average Bonchev–Trinajstić information content (AvgIpc) is 2.32. The second-order valence-electron chi connectivity index (χ2n) is 3.89. The summed E-state index contributed by atoms with van der Waals surface area (Å²) >= 11 is 0. The first-order valence-corrected chi connectivity index (χ1v) is 5.40. The third-order valence-corrected chi connectivity index (χ3v) is 2.55. The molecule has 1 amide bonds. The van der Waals surface area contributed by atoms with Crippen molar-refractivity contribution in [2.45, 2.75) is 6.92 Å². The van der Waals surface area contributed by atoms with E-state index in [0.29, 0.717) is 11.3 Å². The largest absolute Gasteiger partial charge is 0.322 e. The lowest BCUT2D eigenvalue weighted by atomic mass is 10.1. The number of hydrogen-bond donors (Lipinski definition) is 1. The Morgan fingerprint density at radius 1 is 1.06 bits per heavy atom. The molecule has 0 aliphatic rings. The van der Waals surface area contributed by atoms with Crippen LogP contribution >= 0.6 is 0 Å². The van der Waals surface area contributed by atoms with Gasteiger partial charge in [0.05, 0.1) is 5.56 Å². The van der Waals surface area contributed by atoms with Crippen molar-refractivity contribution in [3.05, 3.63) is 65.2 Å². The molecule has 2 rings (SSSR count). The van der Waals surface area contributed by atoms with Crippen molar-refractivity contribution in [3.8, 4) is 0 Å². The van der Waals surface area contributed by atoms with Crippen LogP contribution in [0.5, 0.6) is 0 Å². The van der Waals surface area contributed by atoms with Crippen LogP contribution in [0.25, 0.3) is 0 Å². The fourth-order valence-electron chi connectivity index (χ4n) is 1.65. The quantitative estimate of drug-likeness (QED) is 0.864. The van der Waals surface area contributed by atoms with Crippen molar-refractivity contribution < 1.29 is 13.6 Å². The normalized spacial score (nSPS) is 10.2. The predicted molar refractivity (Wildman–Crippen MR) is 65.5 cm³/mol. The topological polar surface area (TPSA) is 29.1 Å². The lowest BCUT2D eigenvalue weighted by Gasteiger charge is -2.08. The van der Waals surface area contributed by atoms with Crippen LogP contribution in [-0.2, 0) is 0 Å². The zero-order valence-corrected chi connectivity index (χ0v) is 9.71. The highest BCUT2D eigenvalue weighted by molar-refractivity contribution is 6.05. The molecule has 2 aromatic rings. The number of amides is 1. The van der Waals surface area contributed by atoms with E-state index in [2.05, 4.69) is 5.32 Å². The molecule has 2 aromatic carbocycles. The molecule has 0 aromatic heterocycles. The molecule has 18 heavy (non-hydrogen) atoms. The first kappa shape index (κ1) is 12.2. The summed E-state index contributed by atoms with van der Waals surface area (Å²) in [5, 5.41) is 2.52. The number of rotatable bonds is 2. The molecule has 0 fully saturated rings. The molecule has 0 saturated carbocycles. The monoisotopic (exact) mass is 247 g/mol. The van der Waals surface area contributed by atoms with Gasteiger partial charge in [-0.2, -0.15) is 0 Å². The molecule has 0 radical (unpaired) electrons. The van der Waals surface area contributed by atoms with E-state index in [1.807, 2.05) is 0 Å². The molecule has 2 nitrogen and oxygen atoms in total. The summed E-state index contributed by atoms with van der Waals surface area (Å²) in [6.45, 7) is 1.66. The summed E-state index contributed by atoms with van der Waals surface area (Å²) in [4.78, 5) is 11.9. The molecular formula is C14H11F2NO. The fourth-order valence-corrected chi connectivity index (χ4v) is 1.65. The van der Waals surface area contributed by atoms with Crippen molar-refractivity contribution in [1.29, 1.82) is 0 Å². The van der Waals surface area contributed by atoms with Gasteiger partial charge in [0, 0.05) is 5.69 Å². The van der Waals surface area contributed by atoms with Gasteiger partial charge in [0.15, 0.2) is 0 Å². The Morgan fingerprint density at radius 2 is 1.72 bits per heavy atom. The van der Waals surface area contributed by atoms with Gasteiger partial charge in [-0.05, 0) is 42.8 Å². The summed E-state index contributed by atoms with van der Waals surface area (Å²) < 4.78 is 26.2. The standard InChI is InChI=1S/C14H11F2NO/c1-9-3-2-4-12(16)13(9)14(18)17-11-7-5-10(15)6-8-11/h2-8H,1H3,(H,17,18). The van der Waals surface area contributed by atoms with Crippen LogP contribution < -0.4 is 5.32 Å². The maximum Gasteiger partial charge on any atom is 0.258 e. The molecule has 0 aliphatic carbocycles. The van der Waals surface area contributed by atoms with Crippen LogP contribution in [0, 0.1) is 18.6 Å². The van der Waals surface area contributed by atoms with E-state index in [1.165, 1.54) is 30.3 Å². The Balaban J connectivity index is 2.25. The minimum absolute atomic E-state index is 0.00169. The second kappa shape index (κ2) is 4.96. The Labute approximate surface area is 103 Å². The third-order valence-electron chi connectivity index (χ3n) is 2.55. The van der Waals surface area contributed by atoms with Gasteiger partial charge in [-0.15, -0.1) is 0 Å². The molecule has 0 spiro atoms. The molecular weight excluding hydrogens is 236 g/mol. The Bertz CT molecular complexity index is 559. The third kappa shape index (κ3) is 2.53. The van der Waals surface area contributed by atoms with Gasteiger partial charge < -0.3 is 5.32 Å². The van der Waals surface area contributed by atoms with Crippen LogP contribution in [0.1, 0.15) is 15.9 Å². The Morgan fingerprint density at radius 3 is 2.33 bits per heavy atom. The highest BCUT2D eigenvalue weighted by Gasteiger charge is 2.14. The highest BCUT2D eigenvalue weighted by atomic mass is 19.1. The first-order valence-electron chi connectivity index (χ1n) is 5.40. The Kier molecular flexibility index (Phi) is 3.37. The molecule has 4 heteroatoms. The van der Waals surface area contributed by atoms with E-state index >= 15 is 0 Å². The number of carbonyl (C=O) groups is 1. The van der Waals surface area contributed by atoms with Crippen molar-refractivity contribution in [2.75, 3.05) is 5.32 Å². The number of benzene rings is 2. The van der Waals surface area contributed by atoms with Gasteiger partial charge in [-0.3, -0.25) is 4.79 Å². The average molecular weight is 247 g/mol. The minimum Gasteiger partial charge on any atom is -0.322 e. The maximum absolute atomic E-state index is 13.5. The SMILES string of the molecule is Cc1cccc(F)c1C(=O)Nc1ccc(F)cc1. The molecule has 0 saturated heterocycles. The van der Waals surface area contributed by atoms with Crippen LogP contribution in [0.15, 0.2) is 42.5 Å². The van der Waals surface area contributed by atoms with E-state index in [1.54, 1.807) is 19.1 Å². The van der Waals surface area contributed by atoms with E-state index in [-0.39, 0.29) is 5.56 Å². The molecule has 92 valence electrons. The molecule has 0 heterocycles. The van der Waals surface area contributed by atoms with E-state index in [9.17, 15) is 13.6 Å². The zero-order chi connectivity index (χ0) is 13.1. The lowest BCUT2D eigenvalue weighted by molar-refractivity contribution is 0.102. The van der Waals surface area contributed by atoms with Crippen LogP contribution in [0.2, 0.25) is 0 Å². The second-order valence-corrected chi connectivity index (χ2v) is 3.89. The van der Waals surface area contributed by atoms with Crippen LogP contribution in [0.4, 0.5) is 14.5 Å². The van der Waals surface area contributed by atoms with Crippen LogP contribution in [0.3, 0.4) is 0 Å². The molecule has 0 aliphatic heterocycles. The summed E-state index contributed by atoms with van der Waals surface area (Å²) in [5.74, 6) is -1.51. The predicted octanol–water partition coefficient (Wildman–Crippen LogP) is 3.53. The summed E-state index contributed by atoms with van der Waals surface area (Å²) in [6, 6.07) is 9.72. The van der Waals surface area contributed by atoms with Crippen molar-refractivity contribution in [3.63, 3.8) is 0 Å². The maximum atomic E-state index is 13.5. The number of nitrogens with one attached hydrogen (secondary N) is 1. The highest BCUT2D eigenvalue weighted by Crippen LogP contribution is 2.15. The molecule has 0 unspecified atom stereocenters. The van der Waals surface area contributed by atoms with Gasteiger partial charge in [-0.25, -0.2) is 8.78 Å². The van der Waals surface area contributed by atoms with E-state index in [0.717, 1.165) is 0 Å². The van der Waals surface area contributed by atoms with Crippen molar-refractivity contribution in [2.24, 2.45) is 0 Å². The number of aryl methyl sites for hydroxylation is 1. The van der Waals surface area contributed by atoms with Crippen LogP contribution in [-0.4, -0.2) is 5.91 Å². The Hall–Kier alpha value is -2.23. The summed E-state index contributed by atoms with van der Waals surface area (Å²) in [6.07, 6.45) is 0. The first-order chi connectivity index (χ1) is 8.58. The van der Waals surface area contributed by atoms with Gasteiger partial charge >= 0.3 is 0 Å². The van der Waals surface area contributed by atoms with Gasteiger partial charge in [0.1, 0.15) is 11.6 Å². The fraction of sp³-hybridized carbons (Fsp3) is 0.0714. The minimum atomic E-state index is -0.574. The number of halogens is 2. The lowest BCUT2D eigenvalue weighted by Crippen LogP contribution is -2.15.